The van der Waals surface area contributed by atoms with Crippen LogP contribution in [-0.2, 0) is 11.3 Å². The van der Waals surface area contributed by atoms with Crippen molar-refractivity contribution >= 4 is 5.91 Å². The second kappa shape index (κ2) is 6.32. The minimum Gasteiger partial charge on any atom is -0.351 e. The first kappa shape index (κ1) is 15.3. The molecule has 0 unspecified atom stereocenters. The molecule has 126 valence electrons. The lowest BCUT2D eigenvalue weighted by Crippen LogP contribution is -2.47. The first-order valence-electron chi connectivity index (χ1n) is 8.60. The van der Waals surface area contributed by atoms with E-state index in [1.165, 1.54) is 12.8 Å². The van der Waals surface area contributed by atoms with Gasteiger partial charge in [-0.3, -0.25) is 4.79 Å². The lowest BCUT2D eigenvalue weighted by atomic mass is 9.67. The number of carbonyl (C=O) groups is 1. The molecule has 2 aromatic rings. The number of nitrogens with zero attached hydrogens (tertiary/aromatic N) is 3. The van der Waals surface area contributed by atoms with E-state index in [1.807, 2.05) is 24.3 Å². The number of amides is 1. The molecule has 0 radical (unpaired) electrons. The van der Waals surface area contributed by atoms with E-state index < -0.39 is 0 Å². The molecule has 3 N–H and O–H groups in total. The lowest BCUT2D eigenvalue weighted by Gasteiger charge is -2.37. The summed E-state index contributed by atoms with van der Waals surface area (Å²) in [6.45, 7) is 2.35. The molecule has 7 heteroatoms. The average Bonchev–Trinajstić information content (AvgIpc) is 3.30. The molecule has 4 rings (SSSR count). The van der Waals surface area contributed by atoms with Gasteiger partial charge >= 0.3 is 0 Å². The van der Waals surface area contributed by atoms with Crippen molar-refractivity contribution in [3.05, 3.63) is 29.8 Å². The highest BCUT2D eigenvalue weighted by atomic mass is 16.2. The smallest absolute Gasteiger partial charge is 0.228 e. The number of aromatic amines is 1. The third-order valence-corrected chi connectivity index (χ3v) is 5.50. The maximum absolute atomic E-state index is 12.8. The van der Waals surface area contributed by atoms with Crippen LogP contribution < -0.4 is 10.6 Å². The Hall–Kier alpha value is -2.28. The van der Waals surface area contributed by atoms with Crippen LogP contribution in [-0.4, -0.2) is 39.6 Å². The topological polar surface area (TPSA) is 95.6 Å². The van der Waals surface area contributed by atoms with E-state index in [9.17, 15) is 4.79 Å². The minimum absolute atomic E-state index is 0.192. The van der Waals surface area contributed by atoms with Gasteiger partial charge in [0.05, 0.1) is 5.41 Å². The summed E-state index contributed by atoms with van der Waals surface area (Å²) in [7, 11) is 0. The molecule has 1 aromatic carbocycles. The van der Waals surface area contributed by atoms with Crippen LogP contribution >= 0.6 is 0 Å². The average molecular weight is 326 g/mol. The van der Waals surface area contributed by atoms with Gasteiger partial charge in [0.1, 0.15) is 0 Å². The summed E-state index contributed by atoms with van der Waals surface area (Å²) in [6.07, 6.45) is 4.58. The molecule has 2 aliphatic rings. The van der Waals surface area contributed by atoms with Crippen molar-refractivity contribution in [2.45, 2.75) is 32.2 Å². The molecule has 1 saturated carbocycles. The zero-order valence-corrected chi connectivity index (χ0v) is 13.6. The number of hydrogen-bond donors (Lipinski definition) is 3. The highest BCUT2D eigenvalue weighted by Gasteiger charge is 2.49. The van der Waals surface area contributed by atoms with E-state index in [0.717, 1.165) is 37.1 Å². The van der Waals surface area contributed by atoms with E-state index in [0.29, 0.717) is 18.3 Å². The fourth-order valence-corrected chi connectivity index (χ4v) is 4.10. The maximum Gasteiger partial charge on any atom is 0.228 e. The normalized spacial score (nSPS) is 26.1. The molecule has 0 bridgehead atoms. The number of nitrogens with one attached hydrogen (secondary N) is 3. The van der Waals surface area contributed by atoms with Gasteiger partial charge in [0.15, 0.2) is 0 Å². The quantitative estimate of drug-likeness (QED) is 0.786. The van der Waals surface area contributed by atoms with Crippen molar-refractivity contribution < 1.29 is 4.79 Å². The summed E-state index contributed by atoms with van der Waals surface area (Å²) >= 11 is 0. The van der Waals surface area contributed by atoms with Gasteiger partial charge in [-0.15, -0.1) is 10.2 Å². The van der Waals surface area contributed by atoms with Gasteiger partial charge in [0, 0.05) is 18.7 Å². The Morgan fingerprint density at radius 2 is 2.17 bits per heavy atom. The summed E-state index contributed by atoms with van der Waals surface area (Å²) in [5.74, 6) is 1.28. The summed E-state index contributed by atoms with van der Waals surface area (Å²) in [4.78, 5) is 12.8. The Morgan fingerprint density at radius 1 is 1.29 bits per heavy atom. The van der Waals surface area contributed by atoms with E-state index >= 15 is 0 Å². The van der Waals surface area contributed by atoms with Crippen LogP contribution in [0, 0.1) is 11.3 Å². The summed E-state index contributed by atoms with van der Waals surface area (Å²) in [6, 6.07) is 7.89. The zero-order valence-electron chi connectivity index (χ0n) is 13.6. The zero-order chi connectivity index (χ0) is 16.4. The van der Waals surface area contributed by atoms with Crippen LogP contribution in [0.4, 0.5) is 0 Å². The number of rotatable bonds is 4. The largest absolute Gasteiger partial charge is 0.351 e. The second-order valence-corrected chi connectivity index (χ2v) is 6.84. The molecule has 7 nitrogen and oxygen atoms in total. The summed E-state index contributed by atoms with van der Waals surface area (Å²) in [5, 5.41) is 20.5. The molecule has 1 aliphatic heterocycles. The third kappa shape index (κ3) is 2.69. The molecule has 1 aliphatic carbocycles. The third-order valence-electron chi connectivity index (χ3n) is 5.50. The SMILES string of the molecule is O=C(NCc1ccc(-c2nn[nH]n2)cc1)[C@@]12CCCC[C@H]1CNC2. The molecular weight excluding hydrogens is 304 g/mol. The van der Waals surface area contributed by atoms with Crippen LogP contribution in [0.1, 0.15) is 31.2 Å². The Bertz CT molecular complexity index is 698. The van der Waals surface area contributed by atoms with Gasteiger partial charge in [0.2, 0.25) is 11.7 Å². The van der Waals surface area contributed by atoms with E-state index in [4.69, 9.17) is 0 Å². The maximum atomic E-state index is 12.8. The van der Waals surface area contributed by atoms with Crippen molar-refractivity contribution in [3.8, 4) is 11.4 Å². The second-order valence-electron chi connectivity index (χ2n) is 6.84. The molecule has 24 heavy (non-hydrogen) atoms. The van der Waals surface area contributed by atoms with Gasteiger partial charge in [-0.05, 0) is 36.1 Å². The van der Waals surface area contributed by atoms with Gasteiger partial charge in [-0.25, -0.2) is 0 Å². The first-order chi connectivity index (χ1) is 11.8. The van der Waals surface area contributed by atoms with Crippen molar-refractivity contribution in [2.24, 2.45) is 11.3 Å². The minimum atomic E-state index is -0.192. The van der Waals surface area contributed by atoms with Crippen LogP contribution in [0.15, 0.2) is 24.3 Å². The van der Waals surface area contributed by atoms with Gasteiger partial charge < -0.3 is 10.6 Å². The number of fused-ring (bicyclic) bond motifs is 1. The van der Waals surface area contributed by atoms with Crippen LogP contribution in [0.2, 0.25) is 0 Å². The molecular formula is C17H22N6O. The van der Waals surface area contributed by atoms with Gasteiger partial charge in [-0.2, -0.15) is 5.21 Å². The van der Waals surface area contributed by atoms with Crippen molar-refractivity contribution in [3.63, 3.8) is 0 Å². The Kier molecular flexibility index (Phi) is 4.02. The Labute approximate surface area is 140 Å². The van der Waals surface area contributed by atoms with E-state index in [-0.39, 0.29) is 11.3 Å². The molecule has 2 heterocycles. The highest BCUT2D eigenvalue weighted by Crippen LogP contribution is 2.43. The van der Waals surface area contributed by atoms with Crippen LogP contribution in [0.25, 0.3) is 11.4 Å². The highest BCUT2D eigenvalue weighted by molar-refractivity contribution is 5.83. The number of tetrazole rings is 1. The predicted octanol–water partition coefficient (Wildman–Crippen LogP) is 1.26. The number of H-pyrrole nitrogens is 1. The Morgan fingerprint density at radius 3 is 2.96 bits per heavy atom. The number of hydrogen-bond acceptors (Lipinski definition) is 5. The molecule has 1 amide bonds. The fourth-order valence-electron chi connectivity index (χ4n) is 4.10. The van der Waals surface area contributed by atoms with Crippen LogP contribution in [0.3, 0.4) is 0 Å². The van der Waals surface area contributed by atoms with Gasteiger partial charge in [0.25, 0.3) is 0 Å². The van der Waals surface area contributed by atoms with E-state index in [1.54, 1.807) is 0 Å². The van der Waals surface area contributed by atoms with Crippen molar-refractivity contribution in [1.29, 1.82) is 0 Å². The van der Waals surface area contributed by atoms with Crippen molar-refractivity contribution in [2.75, 3.05) is 13.1 Å². The molecule has 2 fully saturated rings. The number of carbonyl (C=O) groups excluding carboxylic acids is 1. The number of aromatic nitrogens is 4. The first-order valence-corrected chi connectivity index (χ1v) is 8.60. The monoisotopic (exact) mass is 326 g/mol. The Balaban J connectivity index is 1.40. The molecule has 1 saturated heterocycles. The fraction of sp³-hybridized carbons (Fsp3) is 0.529. The lowest BCUT2D eigenvalue weighted by molar-refractivity contribution is -0.134. The predicted molar refractivity (Wildman–Crippen MR) is 88.7 cm³/mol. The molecule has 2 atom stereocenters. The molecule has 1 aromatic heterocycles. The summed E-state index contributed by atoms with van der Waals surface area (Å²) in [5.41, 5.74) is 1.79. The van der Waals surface area contributed by atoms with Crippen molar-refractivity contribution in [1.82, 2.24) is 31.3 Å². The standard InChI is InChI=1S/C17H22N6O/c24-16(17-8-2-1-3-14(17)10-18-11-17)19-9-12-4-6-13(7-5-12)15-20-22-23-21-15/h4-7,14,18H,1-3,8-11H2,(H,19,24)(H,20,21,22,23)/t14-,17+/m0/s1. The molecule has 0 spiro atoms. The van der Waals surface area contributed by atoms with E-state index in [2.05, 4.69) is 31.3 Å². The van der Waals surface area contributed by atoms with Crippen LogP contribution in [0.5, 0.6) is 0 Å². The van der Waals surface area contributed by atoms with Gasteiger partial charge in [-0.1, -0.05) is 37.1 Å². The number of benzene rings is 1. The summed E-state index contributed by atoms with van der Waals surface area (Å²) < 4.78 is 0.